The third-order valence-electron chi connectivity index (χ3n) is 2.60. The average Bonchev–Trinajstić information content (AvgIpc) is 2.28. The first-order valence-electron chi connectivity index (χ1n) is 5.85. The van der Waals surface area contributed by atoms with Gasteiger partial charge in [0, 0.05) is 39.0 Å². The van der Waals surface area contributed by atoms with Crippen LogP contribution in [0.1, 0.15) is 19.5 Å². The summed E-state index contributed by atoms with van der Waals surface area (Å²) in [5.41, 5.74) is 7.83. The van der Waals surface area contributed by atoms with Gasteiger partial charge in [-0.3, -0.25) is 4.98 Å². The molecule has 2 rings (SSSR count). The van der Waals surface area contributed by atoms with Crippen LogP contribution in [0.2, 0.25) is 0 Å². The standard InChI is InChI=1S/C14H18N2S/c1-9(2)8-17-14-5-4-13(15)12-7-16-10(3)6-11(12)14/h4-7,9H,8,15H2,1-3H3. The summed E-state index contributed by atoms with van der Waals surface area (Å²) in [5, 5.41) is 2.28. The van der Waals surface area contributed by atoms with Crippen LogP contribution in [0, 0.1) is 12.8 Å². The van der Waals surface area contributed by atoms with E-state index < -0.39 is 0 Å². The highest BCUT2D eigenvalue weighted by Crippen LogP contribution is 2.32. The van der Waals surface area contributed by atoms with Crippen molar-refractivity contribution in [3.63, 3.8) is 0 Å². The molecule has 0 unspecified atom stereocenters. The summed E-state index contributed by atoms with van der Waals surface area (Å²) < 4.78 is 0. The minimum absolute atomic E-state index is 0.690. The fraction of sp³-hybridized carbons (Fsp3) is 0.357. The second kappa shape index (κ2) is 4.96. The van der Waals surface area contributed by atoms with Gasteiger partial charge in [0.05, 0.1) is 0 Å². The Morgan fingerprint density at radius 3 is 2.76 bits per heavy atom. The van der Waals surface area contributed by atoms with Crippen LogP contribution < -0.4 is 5.73 Å². The lowest BCUT2D eigenvalue weighted by Crippen LogP contribution is -1.93. The summed E-state index contributed by atoms with van der Waals surface area (Å²) in [5.74, 6) is 1.82. The van der Waals surface area contributed by atoms with Crippen LogP contribution in [0.5, 0.6) is 0 Å². The van der Waals surface area contributed by atoms with Crippen molar-refractivity contribution >= 4 is 28.2 Å². The first kappa shape index (κ1) is 12.2. The number of hydrogen-bond donors (Lipinski definition) is 1. The number of aromatic nitrogens is 1. The molecule has 1 aromatic heterocycles. The Kier molecular flexibility index (Phi) is 3.57. The van der Waals surface area contributed by atoms with Gasteiger partial charge in [0.25, 0.3) is 0 Å². The molecule has 3 heteroatoms. The maximum atomic E-state index is 5.98. The Morgan fingerprint density at radius 1 is 1.29 bits per heavy atom. The Bertz CT molecular complexity index is 535. The molecular weight excluding hydrogens is 228 g/mol. The van der Waals surface area contributed by atoms with Crippen molar-refractivity contribution in [2.45, 2.75) is 25.7 Å². The smallest absolute Gasteiger partial charge is 0.0410 e. The van der Waals surface area contributed by atoms with E-state index in [9.17, 15) is 0 Å². The average molecular weight is 246 g/mol. The summed E-state index contributed by atoms with van der Waals surface area (Å²) in [6, 6.07) is 6.21. The van der Waals surface area contributed by atoms with E-state index in [-0.39, 0.29) is 0 Å². The second-order valence-corrected chi connectivity index (χ2v) is 5.79. The van der Waals surface area contributed by atoms with E-state index in [0.29, 0.717) is 5.92 Å². The van der Waals surface area contributed by atoms with Crippen LogP contribution in [0.4, 0.5) is 5.69 Å². The lowest BCUT2D eigenvalue weighted by atomic mass is 10.1. The molecule has 0 amide bonds. The third-order valence-corrected chi connectivity index (χ3v) is 4.10. The molecule has 90 valence electrons. The van der Waals surface area contributed by atoms with Crippen molar-refractivity contribution < 1.29 is 0 Å². The zero-order valence-electron chi connectivity index (χ0n) is 10.5. The van der Waals surface area contributed by atoms with Gasteiger partial charge in [-0.1, -0.05) is 13.8 Å². The number of nitrogens with two attached hydrogens (primary N) is 1. The van der Waals surface area contributed by atoms with E-state index in [1.54, 1.807) is 0 Å². The zero-order valence-corrected chi connectivity index (χ0v) is 11.3. The second-order valence-electron chi connectivity index (χ2n) is 4.73. The summed E-state index contributed by atoms with van der Waals surface area (Å²) in [4.78, 5) is 5.61. The molecule has 0 atom stereocenters. The predicted molar refractivity (Wildman–Crippen MR) is 76.5 cm³/mol. The molecule has 0 aliphatic rings. The molecule has 0 saturated heterocycles. The maximum absolute atomic E-state index is 5.98. The van der Waals surface area contributed by atoms with Crippen molar-refractivity contribution in [1.29, 1.82) is 0 Å². The largest absolute Gasteiger partial charge is 0.398 e. The van der Waals surface area contributed by atoms with Gasteiger partial charge in [-0.05, 0) is 31.0 Å². The molecule has 0 saturated carbocycles. The molecule has 0 radical (unpaired) electrons. The number of rotatable bonds is 3. The lowest BCUT2D eigenvalue weighted by Gasteiger charge is -2.10. The Balaban J connectivity index is 2.48. The van der Waals surface area contributed by atoms with E-state index >= 15 is 0 Å². The van der Waals surface area contributed by atoms with Gasteiger partial charge in [-0.15, -0.1) is 11.8 Å². The summed E-state index contributed by atoms with van der Waals surface area (Å²) in [6.45, 7) is 6.48. The quantitative estimate of drug-likeness (QED) is 0.660. The topological polar surface area (TPSA) is 38.9 Å². The normalized spacial score (nSPS) is 11.3. The molecule has 17 heavy (non-hydrogen) atoms. The highest BCUT2D eigenvalue weighted by Gasteiger charge is 2.06. The van der Waals surface area contributed by atoms with Crippen molar-refractivity contribution in [3.8, 4) is 0 Å². The van der Waals surface area contributed by atoms with Gasteiger partial charge < -0.3 is 5.73 Å². The van der Waals surface area contributed by atoms with E-state index in [1.165, 1.54) is 10.3 Å². The number of anilines is 1. The molecule has 1 aromatic carbocycles. The van der Waals surface area contributed by atoms with Crippen LogP contribution in [0.3, 0.4) is 0 Å². The van der Waals surface area contributed by atoms with Crippen LogP contribution in [-0.2, 0) is 0 Å². The van der Waals surface area contributed by atoms with Crippen LogP contribution in [0.25, 0.3) is 10.8 Å². The molecule has 2 N–H and O–H groups in total. The third kappa shape index (κ3) is 2.72. The van der Waals surface area contributed by atoms with Gasteiger partial charge in [0.15, 0.2) is 0 Å². The highest BCUT2D eigenvalue weighted by molar-refractivity contribution is 7.99. The summed E-state index contributed by atoms with van der Waals surface area (Å²) >= 11 is 1.89. The van der Waals surface area contributed by atoms with Gasteiger partial charge >= 0.3 is 0 Å². The fourth-order valence-corrected chi connectivity index (χ4v) is 2.72. The number of hydrogen-bond acceptors (Lipinski definition) is 3. The molecule has 2 aromatic rings. The van der Waals surface area contributed by atoms with Crippen molar-refractivity contribution in [3.05, 3.63) is 30.1 Å². The van der Waals surface area contributed by atoms with E-state index in [0.717, 1.165) is 22.5 Å². The predicted octanol–water partition coefficient (Wildman–Crippen LogP) is 3.87. The Morgan fingerprint density at radius 2 is 2.06 bits per heavy atom. The molecule has 0 fully saturated rings. The SMILES string of the molecule is Cc1cc2c(SCC(C)C)ccc(N)c2cn1. The van der Waals surface area contributed by atoms with Gasteiger partial charge in [0.2, 0.25) is 0 Å². The number of benzene rings is 1. The molecular formula is C14H18N2S. The van der Waals surface area contributed by atoms with Gasteiger partial charge in [0.1, 0.15) is 0 Å². The van der Waals surface area contributed by atoms with Crippen LogP contribution in [0.15, 0.2) is 29.3 Å². The van der Waals surface area contributed by atoms with E-state index in [4.69, 9.17) is 5.73 Å². The Labute approximate surface area is 107 Å². The molecule has 0 bridgehead atoms. The molecule has 1 heterocycles. The van der Waals surface area contributed by atoms with Crippen molar-refractivity contribution in [2.75, 3.05) is 11.5 Å². The summed E-state index contributed by atoms with van der Waals surface area (Å²) in [7, 11) is 0. The maximum Gasteiger partial charge on any atom is 0.0410 e. The van der Waals surface area contributed by atoms with Gasteiger partial charge in [-0.2, -0.15) is 0 Å². The first-order valence-corrected chi connectivity index (χ1v) is 6.84. The number of aryl methyl sites for hydroxylation is 1. The monoisotopic (exact) mass is 246 g/mol. The highest BCUT2D eigenvalue weighted by atomic mass is 32.2. The number of fused-ring (bicyclic) bond motifs is 1. The van der Waals surface area contributed by atoms with E-state index in [1.807, 2.05) is 30.9 Å². The minimum atomic E-state index is 0.690. The number of nitrogens with zero attached hydrogens (tertiary/aromatic N) is 1. The molecule has 0 aliphatic carbocycles. The zero-order chi connectivity index (χ0) is 12.4. The molecule has 2 nitrogen and oxygen atoms in total. The molecule has 0 aliphatic heterocycles. The number of pyridine rings is 1. The number of nitrogen functional groups attached to an aromatic ring is 1. The van der Waals surface area contributed by atoms with Crippen molar-refractivity contribution in [2.24, 2.45) is 5.92 Å². The van der Waals surface area contributed by atoms with Crippen molar-refractivity contribution in [1.82, 2.24) is 4.98 Å². The first-order chi connectivity index (χ1) is 8.08. The Hall–Kier alpha value is -1.22. The fourth-order valence-electron chi connectivity index (χ4n) is 1.72. The lowest BCUT2D eigenvalue weighted by molar-refractivity contribution is 0.750. The van der Waals surface area contributed by atoms with Gasteiger partial charge in [-0.25, -0.2) is 0 Å². The van der Waals surface area contributed by atoms with E-state index in [2.05, 4.69) is 31.0 Å². The summed E-state index contributed by atoms with van der Waals surface area (Å²) in [6.07, 6.45) is 1.87. The minimum Gasteiger partial charge on any atom is -0.398 e. The van der Waals surface area contributed by atoms with Crippen LogP contribution >= 0.6 is 11.8 Å². The van der Waals surface area contributed by atoms with Crippen LogP contribution in [-0.4, -0.2) is 10.7 Å². The number of thioether (sulfide) groups is 1. The molecule has 0 spiro atoms.